The fraction of sp³-hybridized carbons (Fsp3) is 0.571. The molecule has 1 saturated heterocycles. The van der Waals surface area contributed by atoms with Crippen LogP contribution in [0.5, 0.6) is 0 Å². The van der Waals surface area contributed by atoms with Gasteiger partial charge in [0.1, 0.15) is 0 Å². The van der Waals surface area contributed by atoms with Gasteiger partial charge in [-0.05, 0) is 32.8 Å². The first-order chi connectivity index (χ1) is 7.50. The molecule has 1 aliphatic rings. The van der Waals surface area contributed by atoms with Crippen molar-refractivity contribution < 1.29 is 0 Å². The number of benzene rings is 1. The number of hydrogen-bond donors (Lipinski definition) is 1. The van der Waals surface area contributed by atoms with Gasteiger partial charge in [-0.3, -0.25) is 4.90 Å². The quantitative estimate of drug-likeness (QED) is 0.825. The average molecular weight is 218 g/mol. The maximum atomic E-state index is 6.14. The topological polar surface area (TPSA) is 29.3 Å². The maximum absolute atomic E-state index is 6.14. The average Bonchev–Trinajstić information content (AvgIpc) is 2.48. The SMILES string of the molecule is Cc1ccc(CN2CCC(N)C2(C)C)cc1. The smallest absolute Gasteiger partial charge is 0.0308 e. The Kier molecular flexibility index (Phi) is 3.04. The summed E-state index contributed by atoms with van der Waals surface area (Å²) in [5.74, 6) is 0. The van der Waals surface area contributed by atoms with E-state index in [2.05, 4.69) is 49.9 Å². The monoisotopic (exact) mass is 218 g/mol. The molecular formula is C14H22N2. The summed E-state index contributed by atoms with van der Waals surface area (Å²) in [7, 11) is 0. The second-order valence-corrected chi connectivity index (χ2v) is 5.46. The fourth-order valence-corrected chi connectivity index (χ4v) is 2.37. The Labute approximate surface area is 98.4 Å². The van der Waals surface area contributed by atoms with Crippen molar-refractivity contribution in [2.75, 3.05) is 6.54 Å². The highest BCUT2D eigenvalue weighted by molar-refractivity contribution is 5.21. The Morgan fingerprint density at radius 2 is 1.94 bits per heavy atom. The van der Waals surface area contributed by atoms with E-state index in [1.165, 1.54) is 11.1 Å². The summed E-state index contributed by atoms with van der Waals surface area (Å²) in [6, 6.07) is 9.10. The number of aryl methyl sites for hydroxylation is 1. The first kappa shape index (κ1) is 11.6. The normalized spacial score (nSPS) is 24.9. The van der Waals surface area contributed by atoms with Gasteiger partial charge in [0.2, 0.25) is 0 Å². The van der Waals surface area contributed by atoms with Crippen LogP contribution in [0.4, 0.5) is 0 Å². The molecule has 0 bridgehead atoms. The van der Waals surface area contributed by atoms with Crippen molar-refractivity contribution >= 4 is 0 Å². The predicted octanol–water partition coefficient (Wildman–Crippen LogP) is 2.31. The molecule has 0 radical (unpaired) electrons. The van der Waals surface area contributed by atoms with Crippen LogP contribution in [0.25, 0.3) is 0 Å². The minimum atomic E-state index is 0.130. The van der Waals surface area contributed by atoms with Crippen LogP contribution < -0.4 is 5.73 Å². The number of nitrogens with two attached hydrogens (primary N) is 1. The lowest BCUT2D eigenvalue weighted by Gasteiger charge is -2.34. The summed E-state index contributed by atoms with van der Waals surface area (Å²) < 4.78 is 0. The molecule has 16 heavy (non-hydrogen) atoms. The number of likely N-dealkylation sites (tertiary alicyclic amines) is 1. The van der Waals surface area contributed by atoms with Gasteiger partial charge in [-0.25, -0.2) is 0 Å². The minimum Gasteiger partial charge on any atom is -0.326 e. The van der Waals surface area contributed by atoms with Crippen LogP contribution in [0.3, 0.4) is 0 Å². The molecule has 0 aromatic heterocycles. The first-order valence-electron chi connectivity index (χ1n) is 6.06. The molecule has 1 heterocycles. The molecular weight excluding hydrogens is 196 g/mol. The molecule has 2 rings (SSSR count). The van der Waals surface area contributed by atoms with Gasteiger partial charge in [0.15, 0.2) is 0 Å². The molecule has 1 atom stereocenters. The van der Waals surface area contributed by atoms with E-state index in [0.29, 0.717) is 6.04 Å². The van der Waals surface area contributed by atoms with Crippen LogP contribution in [0.2, 0.25) is 0 Å². The number of rotatable bonds is 2. The number of nitrogens with zero attached hydrogens (tertiary/aromatic N) is 1. The van der Waals surface area contributed by atoms with Crippen molar-refractivity contribution in [3.05, 3.63) is 35.4 Å². The standard InChI is InChI=1S/C14H22N2/c1-11-4-6-12(7-5-11)10-16-9-8-13(15)14(16,2)3/h4-7,13H,8-10,15H2,1-3H3. The predicted molar refractivity (Wildman–Crippen MR) is 68.3 cm³/mol. The molecule has 2 nitrogen and oxygen atoms in total. The third-order valence-electron chi connectivity index (χ3n) is 3.93. The molecule has 0 aliphatic carbocycles. The van der Waals surface area contributed by atoms with Gasteiger partial charge >= 0.3 is 0 Å². The Hall–Kier alpha value is -0.860. The van der Waals surface area contributed by atoms with Crippen LogP contribution in [0.1, 0.15) is 31.4 Å². The Balaban J connectivity index is 2.08. The molecule has 1 unspecified atom stereocenters. The zero-order valence-electron chi connectivity index (χ0n) is 10.5. The Morgan fingerprint density at radius 3 is 2.44 bits per heavy atom. The van der Waals surface area contributed by atoms with Gasteiger partial charge in [-0.1, -0.05) is 29.8 Å². The van der Waals surface area contributed by atoms with E-state index < -0.39 is 0 Å². The maximum Gasteiger partial charge on any atom is 0.0308 e. The van der Waals surface area contributed by atoms with E-state index in [4.69, 9.17) is 5.73 Å². The van der Waals surface area contributed by atoms with Gasteiger partial charge in [0.05, 0.1) is 0 Å². The summed E-state index contributed by atoms with van der Waals surface area (Å²) in [5.41, 5.74) is 8.97. The van der Waals surface area contributed by atoms with Crippen molar-refractivity contribution in [3.8, 4) is 0 Å². The van der Waals surface area contributed by atoms with Crippen LogP contribution >= 0.6 is 0 Å². The van der Waals surface area contributed by atoms with E-state index in [9.17, 15) is 0 Å². The van der Waals surface area contributed by atoms with Crippen molar-refractivity contribution in [2.24, 2.45) is 5.73 Å². The molecule has 0 saturated carbocycles. The van der Waals surface area contributed by atoms with E-state index in [1.54, 1.807) is 0 Å². The molecule has 0 amide bonds. The van der Waals surface area contributed by atoms with E-state index in [-0.39, 0.29) is 5.54 Å². The summed E-state index contributed by atoms with van der Waals surface area (Å²) in [6.45, 7) is 8.75. The molecule has 1 aromatic rings. The van der Waals surface area contributed by atoms with Gasteiger partial charge in [0.25, 0.3) is 0 Å². The van der Waals surface area contributed by atoms with Gasteiger partial charge in [-0.15, -0.1) is 0 Å². The van der Waals surface area contributed by atoms with Crippen LogP contribution in [-0.2, 0) is 6.54 Å². The third-order valence-corrected chi connectivity index (χ3v) is 3.93. The first-order valence-corrected chi connectivity index (χ1v) is 6.06. The highest BCUT2D eigenvalue weighted by Gasteiger charge is 2.38. The molecule has 1 aromatic carbocycles. The second-order valence-electron chi connectivity index (χ2n) is 5.46. The lowest BCUT2D eigenvalue weighted by atomic mass is 9.96. The van der Waals surface area contributed by atoms with Gasteiger partial charge in [0, 0.05) is 24.7 Å². The minimum absolute atomic E-state index is 0.130. The second kappa shape index (κ2) is 4.19. The lowest BCUT2D eigenvalue weighted by Crippen LogP contribution is -2.48. The zero-order valence-corrected chi connectivity index (χ0v) is 10.5. The Morgan fingerprint density at radius 1 is 1.31 bits per heavy atom. The van der Waals surface area contributed by atoms with Crippen LogP contribution in [0, 0.1) is 6.92 Å². The van der Waals surface area contributed by atoms with E-state index >= 15 is 0 Å². The molecule has 2 N–H and O–H groups in total. The van der Waals surface area contributed by atoms with Crippen molar-refractivity contribution in [3.63, 3.8) is 0 Å². The summed E-state index contributed by atoms with van der Waals surface area (Å²) in [5, 5.41) is 0. The third kappa shape index (κ3) is 2.13. The molecule has 88 valence electrons. The van der Waals surface area contributed by atoms with Crippen LogP contribution in [0.15, 0.2) is 24.3 Å². The van der Waals surface area contributed by atoms with Gasteiger partial charge in [-0.2, -0.15) is 0 Å². The molecule has 1 aliphatic heterocycles. The van der Waals surface area contributed by atoms with Gasteiger partial charge < -0.3 is 5.73 Å². The van der Waals surface area contributed by atoms with E-state index in [0.717, 1.165) is 19.5 Å². The van der Waals surface area contributed by atoms with Crippen molar-refractivity contribution in [1.82, 2.24) is 4.90 Å². The fourth-order valence-electron chi connectivity index (χ4n) is 2.37. The highest BCUT2D eigenvalue weighted by atomic mass is 15.2. The summed E-state index contributed by atoms with van der Waals surface area (Å²) in [6.07, 6.45) is 1.11. The Bertz CT molecular complexity index is 354. The molecule has 1 fully saturated rings. The van der Waals surface area contributed by atoms with Crippen molar-refractivity contribution in [1.29, 1.82) is 0 Å². The van der Waals surface area contributed by atoms with Crippen molar-refractivity contribution in [2.45, 2.75) is 45.3 Å². The van der Waals surface area contributed by atoms with Crippen LogP contribution in [-0.4, -0.2) is 23.0 Å². The largest absolute Gasteiger partial charge is 0.326 e. The zero-order chi connectivity index (χ0) is 11.8. The summed E-state index contributed by atoms with van der Waals surface area (Å²) in [4.78, 5) is 2.49. The van der Waals surface area contributed by atoms with E-state index in [1.807, 2.05) is 0 Å². The summed E-state index contributed by atoms with van der Waals surface area (Å²) >= 11 is 0. The highest BCUT2D eigenvalue weighted by Crippen LogP contribution is 2.28. The molecule has 2 heteroatoms. The number of hydrogen-bond acceptors (Lipinski definition) is 2. The lowest BCUT2D eigenvalue weighted by molar-refractivity contribution is 0.154. The molecule has 0 spiro atoms.